The Morgan fingerprint density at radius 1 is 1.26 bits per heavy atom. The smallest absolute Gasteiger partial charge is 0.418 e. The molecule has 1 aromatic carbocycles. The monoisotopic (exact) mass is 736 g/mol. The van der Waals surface area contributed by atoms with Gasteiger partial charge in [-0.2, -0.15) is 18.2 Å². The predicted octanol–water partition coefficient (Wildman–Crippen LogP) is -0.858. The van der Waals surface area contributed by atoms with Gasteiger partial charge >= 0.3 is 16.4 Å². The van der Waals surface area contributed by atoms with Crippen molar-refractivity contribution in [2.75, 3.05) is 32.0 Å². The molecule has 0 radical (unpaired) electrons. The molecule has 0 spiro atoms. The molecule has 2 amide bonds. The number of anilines is 1. The van der Waals surface area contributed by atoms with Crippen molar-refractivity contribution in [2.24, 2.45) is 16.8 Å². The summed E-state index contributed by atoms with van der Waals surface area (Å²) in [6, 6.07) is 5.76. The van der Waals surface area contributed by atoms with Crippen molar-refractivity contribution in [3.05, 3.63) is 47.7 Å². The number of oxime groups is 1. The fraction of sp³-hybridized carbons (Fsp3) is 0.448. The maximum Gasteiger partial charge on any atom is 0.418 e. The molecule has 0 aliphatic carbocycles. The fourth-order valence-electron chi connectivity index (χ4n) is 5.20. The van der Waals surface area contributed by atoms with Gasteiger partial charge in [0, 0.05) is 24.4 Å². The summed E-state index contributed by atoms with van der Waals surface area (Å²) in [5.41, 5.74) is 11.4. The van der Waals surface area contributed by atoms with Gasteiger partial charge in [0.2, 0.25) is 6.20 Å². The summed E-state index contributed by atoms with van der Waals surface area (Å²) in [7, 11) is -5.02. The molecule has 50 heavy (non-hydrogen) atoms. The number of aromatic nitrogens is 3. The highest BCUT2D eigenvalue weighted by Gasteiger charge is 2.58. The minimum absolute atomic E-state index is 0.0625. The summed E-state index contributed by atoms with van der Waals surface area (Å²) in [6.07, 6.45) is 3.33. The second-order valence-electron chi connectivity index (χ2n) is 12.1. The predicted molar refractivity (Wildman–Crippen MR) is 177 cm³/mol. The second-order valence-corrected chi connectivity index (χ2v) is 14.0. The zero-order valence-electron chi connectivity index (χ0n) is 27.1. The molecule has 0 bridgehead atoms. The van der Waals surface area contributed by atoms with E-state index in [0.29, 0.717) is 23.3 Å². The van der Waals surface area contributed by atoms with Crippen molar-refractivity contribution < 1.29 is 51.0 Å². The molecule has 270 valence electrons. The molecule has 2 atom stereocenters. The Kier molecular flexibility index (Phi) is 11.0. The Bertz CT molecular complexity index is 1860. The maximum absolute atomic E-state index is 13.3. The Hall–Kier alpha value is -4.67. The molecule has 5 rings (SSSR count). The summed E-state index contributed by atoms with van der Waals surface area (Å²) in [4.78, 5) is 47.1. The van der Waals surface area contributed by atoms with Gasteiger partial charge in [0.25, 0.3) is 17.9 Å². The first-order chi connectivity index (χ1) is 23.7. The molecule has 0 saturated carbocycles. The highest BCUT2D eigenvalue weighted by Crippen LogP contribution is 2.33. The Morgan fingerprint density at radius 2 is 1.98 bits per heavy atom. The first-order valence-electron chi connectivity index (χ1n) is 15.4. The van der Waals surface area contributed by atoms with Crippen LogP contribution in [0.3, 0.4) is 0 Å². The van der Waals surface area contributed by atoms with E-state index in [2.05, 4.69) is 46.8 Å². The molecule has 21 heteroatoms. The van der Waals surface area contributed by atoms with Gasteiger partial charge in [-0.1, -0.05) is 17.3 Å². The van der Waals surface area contributed by atoms with Crippen molar-refractivity contribution >= 4 is 50.4 Å². The molecule has 1 unspecified atom stereocenters. The third-order valence-corrected chi connectivity index (χ3v) is 9.06. The molecule has 2 fully saturated rings. The average Bonchev–Trinajstić information content (AvgIpc) is 3.66. The third-order valence-electron chi connectivity index (χ3n) is 8.05. The third kappa shape index (κ3) is 8.54. The molecule has 2 aromatic heterocycles. The van der Waals surface area contributed by atoms with Gasteiger partial charge in [-0.3, -0.25) is 14.1 Å². The lowest BCUT2D eigenvalue weighted by Crippen LogP contribution is -2.76. The van der Waals surface area contributed by atoms with E-state index in [0.717, 1.165) is 55.1 Å². The van der Waals surface area contributed by atoms with E-state index >= 15 is 0 Å². The van der Waals surface area contributed by atoms with E-state index in [1.807, 2.05) is 12.1 Å². The molecular weight excluding hydrogens is 699 g/mol. The van der Waals surface area contributed by atoms with E-state index < -0.39 is 58.2 Å². The van der Waals surface area contributed by atoms with Gasteiger partial charge in [0.05, 0.1) is 23.8 Å². The molecule has 2 aliphatic rings. The van der Waals surface area contributed by atoms with E-state index in [9.17, 15) is 27.9 Å². The van der Waals surface area contributed by atoms with Gasteiger partial charge in [-0.15, -0.1) is 20.3 Å². The van der Waals surface area contributed by atoms with Gasteiger partial charge in [-0.05, 0) is 44.5 Å². The van der Waals surface area contributed by atoms with Crippen LogP contribution in [0.4, 0.5) is 5.13 Å². The number of amides is 2. The van der Waals surface area contributed by atoms with Crippen LogP contribution in [-0.2, 0) is 47.0 Å². The van der Waals surface area contributed by atoms with Gasteiger partial charge in [0.1, 0.15) is 24.1 Å². The number of β-lactam (4-membered cyclic amide) rings is 1. The molecule has 3 aromatic rings. The summed E-state index contributed by atoms with van der Waals surface area (Å²) < 4.78 is 45.6. The van der Waals surface area contributed by atoms with Crippen LogP contribution >= 0.6 is 11.3 Å². The number of hydrogen-bond acceptors (Lipinski definition) is 14. The zero-order chi connectivity index (χ0) is 36.2. The van der Waals surface area contributed by atoms with Crippen molar-refractivity contribution in [1.82, 2.24) is 25.4 Å². The van der Waals surface area contributed by atoms with E-state index in [4.69, 9.17) is 25.6 Å². The number of nitrogen functional groups attached to an aromatic ring is 1. The minimum Gasteiger partial charge on any atom is -0.489 e. The maximum atomic E-state index is 13.3. The van der Waals surface area contributed by atoms with E-state index in [-0.39, 0.29) is 10.8 Å². The van der Waals surface area contributed by atoms with Crippen LogP contribution in [-0.4, -0.2) is 100 Å². The molecule has 8 N–H and O–H groups in total. The summed E-state index contributed by atoms with van der Waals surface area (Å²) in [5, 5.41) is 21.0. The standard InChI is InChI=1S/C29H37N9O10S2/c1-29(2)24(26(40)38(29)48-50(43,44)45)34-25(39)23(21-16-49-28(31)33-21)35-47-22(27(41)42)15-46-20-6-4-18(5-7-20)19-13-36(9-3-8-30)37(14-19)12-17-10-32-11-17/h4-7,13-14,16-17,22,24,32H,3,8-12,15,30H2,1-2H3,(H4-,31,33,34,39,41,42,43,44,45)/p+1/b35-23-/t22?,24-/m1/s1. The van der Waals surface area contributed by atoms with Crippen molar-refractivity contribution in [2.45, 2.75) is 51.0 Å². The van der Waals surface area contributed by atoms with Crippen LogP contribution in [0.1, 0.15) is 26.0 Å². The largest absolute Gasteiger partial charge is 0.489 e. The number of rotatable bonds is 17. The Balaban J connectivity index is 1.25. The summed E-state index contributed by atoms with van der Waals surface area (Å²) >= 11 is 0.964. The lowest BCUT2D eigenvalue weighted by Gasteiger charge is -2.50. The fourth-order valence-corrected chi connectivity index (χ4v) is 6.20. The van der Waals surface area contributed by atoms with Gasteiger partial charge < -0.3 is 36.8 Å². The van der Waals surface area contributed by atoms with Crippen LogP contribution in [0.25, 0.3) is 11.1 Å². The Morgan fingerprint density at radius 3 is 2.54 bits per heavy atom. The van der Waals surface area contributed by atoms with Crippen LogP contribution in [0.2, 0.25) is 0 Å². The number of carboxylic acids is 1. The van der Waals surface area contributed by atoms with E-state index in [1.54, 1.807) is 12.1 Å². The van der Waals surface area contributed by atoms with Crippen molar-refractivity contribution in [3.8, 4) is 16.9 Å². The van der Waals surface area contributed by atoms with Crippen molar-refractivity contribution in [3.63, 3.8) is 0 Å². The van der Waals surface area contributed by atoms with Crippen LogP contribution in [0.5, 0.6) is 5.75 Å². The molecule has 19 nitrogen and oxygen atoms in total. The van der Waals surface area contributed by atoms with Crippen LogP contribution < -0.4 is 31.5 Å². The topological polar surface area (TPSA) is 267 Å². The zero-order valence-corrected chi connectivity index (χ0v) is 28.7. The number of hydrogen-bond donors (Lipinski definition) is 6. The molecular formula is C29H38N9O10S2+. The SMILES string of the molecule is CC1(C)[C@H](NC(=O)/C(=N\OC(COc2ccc(-c3cn(CCCN)[n+](CC4CNC4)c3)cc2)C(=O)O)c2csc(N)n2)C(=O)N1OS(=O)(=O)O. The number of carboxylic acid groups (broad SMARTS) is 1. The van der Waals surface area contributed by atoms with Crippen LogP contribution in [0.15, 0.2) is 47.2 Å². The number of carbonyl (C=O) groups excluding carboxylic acids is 2. The second kappa shape index (κ2) is 15.1. The highest BCUT2D eigenvalue weighted by atomic mass is 32.3. The average molecular weight is 737 g/mol. The number of ether oxygens (including phenoxy) is 1. The Labute approximate surface area is 290 Å². The van der Waals surface area contributed by atoms with Crippen LogP contribution in [0, 0.1) is 5.92 Å². The first-order valence-corrected chi connectivity index (χ1v) is 17.6. The number of carbonyl (C=O) groups is 3. The number of aryl methyl sites for hydroxylation is 1. The summed E-state index contributed by atoms with van der Waals surface area (Å²) in [5.74, 6) is -2.53. The van der Waals surface area contributed by atoms with Gasteiger partial charge in [0.15, 0.2) is 17.4 Å². The quantitative estimate of drug-likeness (QED) is 0.0324. The molecule has 4 heterocycles. The lowest BCUT2D eigenvalue weighted by atomic mass is 9.84. The van der Waals surface area contributed by atoms with Gasteiger partial charge in [-0.25, -0.2) is 9.78 Å². The number of nitrogens with zero attached hydrogens (tertiary/aromatic N) is 5. The number of hydroxylamine groups is 2. The molecule has 2 aliphatic heterocycles. The normalized spacial score (nSPS) is 18.2. The summed E-state index contributed by atoms with van der Waals surface area (Å²) in [6.45, 7) is 6.46. The minimum atomic E-state index is -5.02. The molecule has 2 saturated heterocycles. The number of thiazole rings is 1. The lowest BCUT2D eigenvalue weighted by molar-refractivity contribution is -0.781. The number of nitrogens with one attached hydrogen (secondary N) is 2. The number of benzene rings is 1. The van der Waals surface area contributed by atoms with Crippen molar-refractivity contribution in [1.29, 1.82) is 0 Å². The number of aliphatic carboxylic acids is 1. The van der Waals surface area contributed by atoms with E-state index in [1.165, 1.54) is 19.2 Å². The highest BCUT2D eigenvalue weighted by molar-refractivity contribution is 7.80. The number of nitrogens with two attached hydrogens (primary N) is 2. The first kappa shape index (κ1) is 36.6.